The average Bonchev–Trinajstić information content (AvgIpc) is 3.03. The Morgan fingerprint density at radius 3 is 2.54 bits per heavy atom. The summed E-state index contributed by atoms with van der Waals surface area (Å²) in [6.45, 7) is 6.97. The van der Waals surface area contributed by atoms with Crippen molar-refractivity contribution in [3.8, 4) is 5.69 Å². The van der Waals surface area contributed by atoms with E-state index in [1.807, 2.05) is 38.2 Å². The Balaban J connectivity index is 1.84. The van der Waals surface area contributed by atoms with Crippen LogP contribution in [0, 0.1) is 6.92 Å². The molecule has 0 bridgehead atoms. The Morgan fingerprint density at radius 2 is 1.92 bits per heavy atom. The van der Waals surface area contributed by atoms with E-state index in [2.05, 4.69) is 15.6 Å². The second-order valence-electron chi connectivity index (χ2n) is 6.39. The van der Waals surface area contributed by atoms with Gasteiger partial charge in [0, 0.05) is 25.7 Å². The number of hydrogen-bond acceptors (Lipinski definition) is 7. The fourth-order valence-corrected chi connectivity index (χ4v) is 2.46. The molecule has 1 aliphatic heterocycles. The summed E-state index contributed by atoms with van der Waals surface area (Å²) in [5.74, 6) is -2.71. The van der Waals surface area contributed by atoms with E-state index >= 15 is 0 Å². The van der Waals surface area contributed by atoms with Crippen molar-refractivity contribution in [1.82, 2.24) is 15.0 Å². The van der Waals surface area contributed by atoms with E-state index in [1.54, 1.807) is 4.68 Å². The molecule has 2 aromatic rings. The molecule has 1 aromatic carbocycles. The lowest BCUT2D eigenvalue weighted by Gasteiger charge is -2.29. The lowest BCUT2D eigenvalue weighted by Crippen LogP contribution is -2.42. The largest absolute Gasteiger partial charge is 0.419 e. The summed E-state index contributed by atoms with van der Waals surface area (Å²) in [6, 6.07) is 5.59. The van der Waals surface area contributed by atoms with Crippen molar-refractivity contribution in [3.63, 3.8) is 0 Å². The molecule has 0 atom stereocenters. The van der Waals surface area contributed by atoms with Crippen LogP contribution in [0.25, 0.3) is 5.69 Å². The van der Waals surface area contributed by atoms with Crippen molar-refractivity contribution < 1.29 is 19.1 Å². The fraction of sp³-hybridized carbons (Fsp3) is 0.333. The van der Waals surface area contributed by atoms with E-state index < -0.39 is 17.7 Å². The molecule has 26 heavy (non-hydrogen) atoms. The minimum atomic E-state index is -1.26. The summed E-state index contributed by atoms with van der Waals surface area (Å²) < 4.78 is 11.8. The van der Waals surface area contributed by atoms with Crippen LogP contribution in [0.3, 0.4) is 0 Å². The van der Waals surface area contributed by atoms with Gasteiger partial charge in [0.2, 0.25) is 0 Å². The molecule has 1 saturated heterocycles. The standard InChI is InChI=1S/C18H20N4O4/c1-5-12-10-22(21-20-12)15-8-13(7-6-11(15)2)19-9-14-16(23)25-18(3,4)26-17(14)24/h6-10,19H,5H2,1-4H3. The van der Waals surface area contributed by atoms with Gasteiger partial charge in [0.25, 0.3) is 5.79 Å². The van der Waals surface area contributed by atoms with Crippen LogP contribution in [0.4, 0.5) is 5.69 Å². The van der Waals surface area contributed by atoms with E-state index in [0.29, 0.717) is 5.69 Å². The number of nitrogens with zero attached hydrogens (tertiary/aromatic N) is 3. The third kappa shape index (κ3) is 3.58. The number of esters is 2. The van der Waals surface area contributed by atoms with Crippen molar-refractivity contribution in [2.75, 3.05) is 5.32 Å². The Labute approximate surface area is 150 Å². The van der Waals surface area contributed by atoms with Gasteiger partial charge >= 0.3 is 11.9 Å². The van der Waals surface area contributed by atoms with Gasteiger partial charge in [-0.15, -0.1) is 5.10 Å². The quantitative estimate of drug-likeness (QED) is 0.510. The van der Waals surface area contributed by atoms with Gasteiger partial charge < -0.3 is 14.8 Å². The van der Waals surface area contributed by atoms with Crippen LogP contribution in [0.15, 0.2) is 36.2 Å². The topological polar surface area (TPSA) is 95.3 Å². The second kappa shape index (κ2) is 6.62. The number of aryl methyl sites for hydroxylation is 2. The zero-order valence-corrected chi connectivity index (χ0v) is 15.1. The molecule has 2 heterocycles. The first-order valence-electron chi connectivity index (χ1n) is 8.24. The van der Waals surface area contributed by atoms with Crippen LogP contribution < -0.4 is 5.32 Å². The molecule has 1 aliphatic rings. The maximum Gasteiger partial charge on any atom is 0.350 e. The van der Waals surface area contributed by atoms with Gasteiger partial charge in [-0.25, -0.2) is 14.3 Å². The first-order valence-corrected chi connectivity index (χ1v) is 8.24. The van der Waals surface area contributed by atoms with Crippen molar-refractivity contribution in [2.24, 2.45) is 0 Å². The molecule has 0 spiro atoms. The van der Waals surface area contributed by atoms with Gasteiger partial charge in [-0.3, -0.25) is 0 Å². The lowest BCUT2D eigenvalue weighted by molar-refractivity contribution is -0.222. The minimum absolute atomic E-state index is 0.194. The summed E-state index contributed by atoms with van der Waals surface area (Å²) in [4.78, 5) is 23.9. The molecule has 0 amide bonds. The Morgan fingerprint density at radius 1 is 1.23 bits per heavy atom. The van der Waals surface area contributed by atoms with E-state index in [0.717, 1.165) is 23.4 Å². The smallest absolute Gasteiger partial charge is 0.350 e. The SMILES string of the molecule is CCc1cn(-c2cc(NC=C3C(=O)OC(C)(C)OC3=O)ccc2C)nn1. The molecule has 136 valence electrons. The zero-order valence-electron chi connectivity index (χ0n) is 15.1. The summed E-state index contributed by atoms with van der Waals surface area (Å²) in [5, 5.41) is 11.2. The third-order valence-corrected chi connectivity index (χ3v) is 3.86. The normalized spacial score (nSPS) is 16.1. The van der Waals surface area contributed by atoms with Crippen LogP contribution >= 0.6 is 0 Å². The summed E-state index contributed by atoms with van der Waals surface area (Å²) in [6.07, 6.45) is 3.94. The molecule has 8 heteroatoms. The van der Waals surface area contributed by atoms with Crippen LogP contribution in [-0.4, -0.2) is 32.7 Å². The highest BCUT2D eigenvalue weighted by atomic mass is 16.7. The Kier molecular flexibility index (Phi) is 4.50. The molecule has 1 N–H and O–H groups in total. The number of ether oxygens (including phenoxy) is 2. The molecular weight excluding hydrogens is 336 g/mol. The molecule has 1 aromatic heterocycles. The number of anilines is 1. The van der Waals surface area contributed by atoms with Crippen molar-refractivity contribution in [1.29, 1.82) is 0 Å². The predicted molar refractivity (Wildman–Crippen MR) is 93.4 cm³/mol. The zero-order chi connectivity index (χ0) is 18.9. The number of carbonyl (C=O) groups is 2. The van der Waals surface area contributed by atoms with E-state index in [-0.39, 0.29) is 5.57 Å². The molecule has 0 saturated carbocycles. The Hall–Kier alpha value is -3.16. The predicted octanol–water partition coefficient (Wildman–Crippen LogP) is 2.27. The maximum absolute atomic E-state index is 12.0. The second-order valence-corrected chi connectivity index (χ2v) is 6.39. The molecule has 8 nitrogen and oxygen atoms in total. The van der Waals surface area contributed by atoms with Gasteiger partial charge in [-0.1, -0.05) is 18.2 Å². The number of carbonyl (C=O) groups excluding carboxylic acids is 2. The van der Waals surface area contributed by atoms with Crippen molar-refractivity contribution in [3.05, 3.63) is 47.4 Å². The number of hydrogen-bond donors (Lipinski definition) is 1. The number of benzene rings is 1. The molecular formula is C18H20N4O4. The average molecular weight is 356 g/mol. The van der Waals surface area contributed by atoms with Crippen LogP contribution in [0.1, 0.15) is 32.0 Å². The van der Waals surface area contributed by atoms with Gasteiger partial charge in [-0.2, -0.15) is 0 Å². The first-order chi connectivity index (χ1) is 12.3. The van der Waals surface area contributed by atoms with E-state index in [4.69, 9.17) is 9.47 Å². The number of nitrogens with one attached hydrogen (secondary N) is 1. The van der Waals surface area contributed by atoms with E-state index in [9.17, 15) is 9.59 Å². The molecule has 1 fully saturated rings. The van der Waals surface area contributed by atoms with Gasteiger partial charge in [0.15, 0.2) is 5.57 Å². The van der Waals surface area contributed by atoms with Crippen LogP contribution in [0.2, 0.25) is 0 Å². The van der Waals surface area contributed by atoms with Gasteiger partial charge in [0.05, 0.1) is 17.6 Å². The summed E-state index contributed by atoms with van der Waals surface area (Å²) >= 11 is 0. The first kappa shape index (κ1) is 17.7. The lowest BCUT2D eigenvalue weighted by atomic mass is 10.1. The van der Waals surface area contributed by atoms with E-state index in [1.165, 1.54) is 20.0 Å². The molecule has 3 rings (SSSR count). The molecule has 0 unspecified atom stereocenters. The summed E-state index contributed by atoms with van der Waals surface area (Å²) in [7, 11) is 0. The third-order valence-electron chi connectivity index (χ3n) is 3.86. The van der Waals surface area contributed by atoms with Crippen LogP contribution in [-0.2, 0) is 25.5 Å². The maximum atomic E-state index is 12.0. The minimum Gasteiger partial charge on any atom is -0.419 e. The van der Waals surface area contributed by atoms with Crippen molar-refractivity contribution in [2.45, 2.75) is 39.9 Å². The number of aromatic nitrogens is 3. The highest BCUT2D eigenvalue weighted by Gasteiger charge is 2.38. The molecule has 0 aliphatic carbocycles. The highest BCUT2D eigenvalue weighted by molar-refractivity contribution is 6.15. The number of cyclic esters (lactones) is 2. The fourth-order valence-electron chi connectivity index (χ4n) is 2.46. The molecule has 0 radical (unpaired) electrons. The van der Waals surface area contributed by atoms with Crippen LogP contribution in [0.5, 0.6) is 0 Å². The highest BCUT2D eigenvalue weighted by Crippen LogP contribution is 2.23. The summed E-state index contributed by atoms with van der Waals surface area (Å²) in [5.41, 5.74) is 3.22. The van der Waals surface area contributed by atoms with Crippen molar-refractivity contribution >= 4 is 17.6 Å². The Bertz CT molecular complexity index is 876. The monoisotopic (exact) mass is 356 g/mol. The van der Waals surface area contributed by atoms with Gasteiger partial charge in [-0.05, 0) is 31.0 Å². The van der Waals surface area contributed by atoms with Gasteiger partial charge in [0.1, 0.15) is 0 Å². The number of rotatable bonds is 4.